The van der Waals surface area contributed by atoms with E-state index < -0.39 is 35.0 Å². The number of carbonyl (C=O) groups is 1. The highest BCUT2D eigenvalue weighted by atomic mass is 16.5. The molecule has 5 rings (SSSR count). The molecule has 1 saturated carbocycles. The average Bonchev–Trinajstić information content (AvgIpc) is 3.33. The van der Waals surface area contributed by atoms with Gasteiger partial charge in [-0.1, -0.05) is 42.5 Å². The number of hydrogen-bond acceptors (Lipinski definition) is 8. The zero-order valence-corrected chi connectivity index (χ0v) is 21.9. The van der Waals surface area contributed by atoms with E-state index in [1.807, 2.05) is 30.3 Å². The summed E-state index contributed by atoms with van der Waals surface area (Å²) in [6, 6.07) is 19.4. The van der Waals surface area contributed by atoms with Gasteiger partial charge in [0.25, 0.3) is 0 Å². The van der Waals surface area contributed by atoms with Crippen molar-refractivity contribution in [2.24, 2.45) is 11.7 Å². The molecule has 5 N–H and O–H groups in total. The van der Waals surface area contributed by atoms with Crippen LogP contribution in [0.15, 0.2) is 66.7 Å². The van der Waals surface area contributed by atoms with Crippen LogP contribution in [0, 0.1) is 5.92 Å². The number of amides is 1. The maximum atomic E-state index is 12.9. The number of primary amides is 1. The zero-order chi connectivity index (χ0) is 27.8. The van der Waals surface area contributed by atoms with Crippen LogP contribution in [-0.4, -0.2) is 54.8 Å². The Morgan fingerprint density at radius 3 is 2.33 bits per heavy atom. The summed E-state index contributed by atoms with van der Waals surface area (Å²) in [5.41, 5.74) is 3.51. The number of aliphatic hydroxyl groups is 3. The van der Waals surface area contributed by atoms with Gasteiger partial charge in [0.15, 0.2) is 11.2 Å². The van der Waals surface area contributed by atoms with Gasteiger partial charge in [0.2, 0.25) is 5.91 Å². The molecule has 0 aromatic heterocycles. The van der Waals surface area contributed by atoms with Crippen molar-refractivity contribution in [3.63, 3.8) is 0 Å². The quantitative estimate of drug-likeness (QED) is 0.291. The second kappa shape index (κ2) is 10.4. The fraction of sp³-hybridized carbons (Fsp3) is 0.367. The number of fused-ring (bicyclic) bond motifs is 3. The molecule has 0 spiro atoms. The number of carbonyl (C=O) groups excluding carboxylic acids is 1. The van der Waals surface area contributed by atoms with E-state index in [-0.39, 0.29) is 23.7 Å². The van der Waals surface area contributed by atoms with E-state index in [4.69, 9.17) is 29.8 Å². The third-order valence-electron chi connectivity index (χ3n) is 7.87. The smallest absolute Gasteiger partial charge is 0.224 e. The first-order valence-corrected chi connectivity index (χ1v) is 12.9. The van der Waals surface area contributed by atoms with Gasteiger partial charge in [-0.25, -0.2) is 0 Å². The summed E-state index contributed by atoms with van der Waals surface area (Å²) in [6.07, 6.45) is -0.391. The van der Waals surface area contributed by atoms with E-state index in [1.54, 1.807) is 43.5 Å². The van der Waals surface area contributed by atoms with Gasteiger partial charge in [0.05, 0.1) is 32.3 Å². The molecule has 5 unspecified atom stereocenters. The molecule has 3 aromatic carbocycles. The molecule has 1 aliphatic heterocycles. The first-order valence-electron chi connectivity index (χ1n) is 12.9. The third kappa shape index (κ3) is 4.00. The lowest BCUT2D eigenvalue weighted by atomic mass is 9.70. The molecule has 0 bridgehead atoms. The minimum absolute atomic E-state index is 0.0667. The number of ether oxygens (including phenoxy) is 4. The van der Waals surface area contributed by atoms with Crippen molar-refractivity contribution in [2.45, 2.75) is 36.1 Å². The second-order valence-corrected chi connectivity index (χ2v) is 9.87. The van der Waals surface area contributed by atoms with Crippen LogP contribution in [0.2, 0.25) is 0 Å². The minimum Gasteiger partial charge on any atom is -0.497 e. The Balaban J connectivity index is 1.76. The van der Waals surface area contributed by atoms with Gasteiger partial charge in [0.1, 0.15) is 29.1 Å². The van der Waals surface area contributed by atoms with E-state index in [2.05, 4.69) is 0 Å². The van der Waals surface area contributed by atoms with Crippen molar-refractivity contribution in [1.82, 2.24) is 0 Å². The molecule has 206 valence electrons. The standard InChI is InChI=1S/C30H33NO8/c1-36-20-12-10-19(11-13-20)30-25(18-8-4-3-5-9-18)24(28(31)34)27(33)29(30,35)26-22(37-2)16-21(17-23(26)39-30)38-15-7-6-14-32/h3-5,8-13,16-17,24-25,27,32-33,35H,6-7,14-15H2,1-2H3,(H2,31,34). The third-order valence-corrected chi connectivity index (χ3v) is 7.87. The van der Waals surface area contributed by atoms with E-state index in [0.29, 0.717) is 42.1 Å². The Morgan fingerprint density at radius 1 is 1.00 bits per heavy atom. The van der Waals surface area contributed by atoms with Crippen LogP contribution in [0.1, 0.15) is 35.4 Å². The Morgan fingerprint density at radius 2 is 1.72 bits per heavy atom. The molecule has 3 aromatic rings. The number of aliphatic hydroxyl groups excluding tert-OH is 2. The van der Waals surface area contributed by atoms with Crippen molar-refractivity contribution in [3.05, 3.63) is 83.4 Å². The van der Waals surface area contributed by atoms with Gasteiger partial charge in [-0.05, 0) is 36.1 Å². The van der Waals surface area contributed by atoms with Crippen molar-refractivity contribution in [3.8, 4) is 23.0 Å². The predicted molar refractivity (Wildman–Crippen MR) is 142 cm³/mol. The van der Waals surface area contributed by atoms with Gasteiger partial charge in [0, 0.05) is 24.7 Å². The molecule has 1 amide bonds. The summed E-state index contributed by atoms with van der Waals surface area (Å²) in [6.45, 7) is 0.423. The van der Waals surface area contributed by atoms with Gasteiger partial charge < -0.3 is 40.0 Å². The molecule has 0 saturated heterocycles. The summed E-state index contributed by atoms with van der Waals surface area (Å²) in [7, 11) is 3.00. The van der Waals surface area contributed by atoms with Gasteiger partial charge in [-0.15, -0.1) is 0 Å². The van der Waals surface area contributed by atoms with E-state index in [9.17, 15) is 15.0 Å². The first kappa shape index (κ1) is 26.8. The van der Waals surface area contributed by atoms with Gasteiger partial charge in [-0.3, -0.25) is 4.79 Å². The summed E-state index contributed by atoms with van der Waals surface area (Å²) in [5, 5.41) is 33.6. The van der Waals surface area contributed by atoms with Crippen LogP contribution in [0.4, 0.5) is 0 Å². The number of methoxy groups -OCH3 is 2. The van der Waals surface area contributed by atoms with Crippen LogP contribution in [0.5, 0.6) is 23.0 Å². The Bertz CT molecular complexity index is 1330. The number of rotatable bonds is 10. The maximum absolute atomic E-state index is 12.9. The van der Waals surface area contributed by atoms with E-state index in [1.165, 1.54) is 7.11 Å². The molecule has 2 aliphatic rings. The van der Waals surface area contributed by atoms with Crippen LogP contribution >= 0.6 is 0 Å². The van der Waals surface area contributed by atoms with Crippen molar-refractivity contribution >= 4 is 5.91 Å². The van der Waals surface area contributed by atoms with Gasteiger partial charge >= 0.3 is 0 Å². The molecule has 39 heavy (non-hydrogen) atoms. The van der Waals surface area contributed by atoms with E-state index >= 15 is 0 Å². The van der Waals surface area contributed by atoms with E-state index in [0.717, 1.165) is 0 Å². The van der Waals surface area contributed by atoms with Crippen molar-refractivity contribution in [2.75, 3.05) is 27.4 Å². The molecule has 5 atom stereocenters. The highest BCUT2D eigenvalue weighted by molar-refractivity contribution is 5.81. The normalized spacial score (nSPS) is 26.8. The molecule has 1 aliphatic carbocycles. The second-order valence-electron chi connectivity index (χ2n) is 9.87. The van der Waals surface area contributed by atoms with Gasteiger partial charge in [-0.2, -0.15) is 0 Å². The number of nitrogens with two attached hydrogens (primary N) is 1. The maximum Gasteiger partial charge on any atom is 0.224 e. The molecular formula is C30H33NO8. The first-order chi connectivity index (χ1) is 18.8. The van der Waals surface area contributed by atoms with Crippen LogP contribution in [0.25, 0.3) is 0 Å². The van der Waals surface area contributed by atoms with Crippen LogP contribution in [-0.2, 0) is 16.0 Å². The fourth-order valence-corrected chi connectivity index (χ4v) is 6.19. The monoisotopic (exact) mass is 535 g/mol. The Labute approximate surface area is 226 Å². The lowest BCUT2D eigenvalue weighted by molar-refractivity contribution is -0.154. The molecule has 9 nitrogen and oxygen atoms in total. The van der Waals surface area contributed by atoms with Crippen molar-refractivity contribution in [1.29, 1.82) is 0 Å². The highest BCUT2D eigenvalue weighted by Crippen LogP contribution is 2.70. The number of hydrogen-bond donors (Lipinski definition) is 4. The van der Waals surface area contributed by atoms with Crippen LogP contribution in [0.3, 0.4) is 0 Å². The summed E-state index contributed by atoms with van der Waals surface area (Å²) in [5.74, 6) is -1.30. The number of benzene rings is 3. The Hall–Kier alpha value is -3.79. The molecule has 0 radical (unpaired) electrons. The SMILES string of the molecule is COc1ccc(C23Oc4cc(OCCCCO)cc(OC)c4C2(O)C(O)C(C(N)=O)C3c2ccccc2)cc1. The summed E-state index contributed by atoms with van der Waals surface area (Å²) in [4.78, 5) is 12.9. The zero-order valence-electron chi connectivity index (χ0n) is 21.9. The lowest BCUT2D eigenvalue weighted by Crippen LogP contribution is -2.52. The summed E-state index contributed by atoms with van der Waals surface area (Å²) < 4.78 is 23.7. The summed E-state index contributed by atoms with van der Waals surface area (Å²) >= 11 is 0. The predicted octanol–water partition coefficient (Wildman–Crippen LogP) is 2.59. The number of unbranched alkanes of at least 4 members (excludes halogenated alkanes) is 1. The fourth-order valence-electron chi connectivity index (χ4n) is 6.19. The molecule has 1 heterocycles. The Kier molecular flexibility index (Phi) is 7.15. The van der Waals surface area contributed by atoms with Crippen LogP contribution < -0.4 is 24.7 Å². The highest BCUT2D eigenvalue weighted by Gasteiger charge is 2.77. The van der Waals surface area contributed by atoms with Crippen molar-refractivity contribution < 1.29 is 39.1 Å². The molecular weight excluding hydrogens is 502 g/mol. The molecule has 9 heteroatoms. The molecule has 1 fully saturated rings. The largest absolute Gasteiger partial charge is 0.497 e. The average molecular weight is 536 g/mol. The topological polar surface area (TPSA) is 141 Å². The lowest BCUT2D eigenvalue weighted by Gasteiger charge is -2.40. The minimum atomic E-state index is -2.13.